The Hall–Kier alpha value is -0.860. The fourth-order valence-electron chi connectivity index (χ4n) is 2.57. The summed E-state index contributed by atoms with van der Waals surface area (Å²) >= 11 is 0. The lowest BCUT2D eigenvalue weighted by Crippen LogP contribution is -2.43. The van der Waals surface area contributed by atoms with E-state index < -0.39 is 0 Å². The Morgan fingerprint density at radius 3 is 2.61 bits per heavy atom. The van der Waals surface area contributed by atoms with Crippen molar-refractivity contribution in [1.82, 2.24) is 4.90 Å². The van der Waals surface area contributed by atoms with Gasteiger partial charge in [0.05, 0.1) is 12.7 Å². The number of morpholine rings is 1. The zero-order valence-electron chi connectivity index (χ0n) is 11.9. The van der Waals surface area contributed by atoms with E-state index in [0.717, 1.165) is 32.7 Å². The molecule has 0 saturated carbocycles. The van der Waals surface area contributed by atoms with Crippen LogP contribution in [-0.2, 0) is 11.3 Å². The van der Waals surface area contributed by atoms with Gasteiger partial charge in [0.1, 0.15) is 0 Å². The first-order valence-electron chi connectivity index (χ1n) is 6.91. The van der Waals surface area contributed by atoms with Crippen LogP contribution in [0.2, 0.25) is 0 Å². The topological polar surface area (TPSA) is 12.5 Å². The van der Waals surface area contributed by atoms with Crippen LogP contribution in [-0.4, -0.2) is 30.7 Å². The van der Waals surface area contributed by atoms with E-state index in [1.54, 1.807) is 0 Å². The zero-order valence-corrected chi connectivity index (χ0v) is 11.9. The molecule has 1 aliphatic rings. The molecule has 2 nitrogen and oxygen atoms in total. The third-order valence-corrected chi connectivity index (χ3v) is 3.31. The SMILES string of the molecule is CC(C)(C)CC1CN(Cc2ccccc2)CCO1. The molecular formula is C16H25NO. The first-order valence-corrected chi connectivity index (χ1v) is 6.91. The van der Waals surface area contributed by atoms with Gasteiger partial charge >= 0.3 is 0 Å². The lowest BCUT2D eigenvalue weighted by molar-refractivity contribution is -0.0480. The Balaban J connectivity index is 1.87. The first-order chi connectivity index (χ1) is 8.53. The third-order valence-electron chi connectivity index (χ3n) is 3.31. The van der Waals surface area contributed by atoms with Crippen molar-refractivity contribution in [3.63, 3.8) is 0 Å². The molecule has 0 bridgehead atoms. The minimum Gasteiger partial charge on any atom is -0.376 e. The fourth-order valence-corrected chi connectivity index (χ4v) is 2.57. The van der Waals surface area contributed by atoms with Crippen molar-refractivity contribution in [3.8, 4) is 0 Å². The quantitative estimate of drug-likeness (QED) is 0.812. The summed E-state index contributed by atoms with van der Waals surface area (Å²) < 4.78 is 5.88. The van der Waals surface area contributed by atoms with Gasteiger partial charge in [-0.05, 0) is 17.4 Å². The molecule has 0 aliphatic carbocycles. The highest BCUT2D eigenvalue weighted by molar-refractivity contribution is 5.14. The highest BCUT2D eigenvalue weighted by Gasteiger charge is 2.25. The monoisotopic (exact) mass is 247 g/mol. The van der Waals surface area contributed by atoms with Crippen LogP contribution in [0.3, 0.4) is 0 Å². The van der Waals surface area contributed by atoms with Crippen molar-refractivity contribution >= 4 is 0 Å². The van der Waals surface area contributed by atoms with Gasteiger partial charge in [-0.25, -0.2) is 0 Å². The van der Waals surface area contributed by atoms with Crippen molar-refractivity contribution in [2.75, 3.05) is 19.7 Å². The van der Waals surface area contributed by atoms with Gasteiger partial charge < -0.3 is 4.74 Å². The molecule has 0 radical (unpaired) electrons. The first kappa shape index (κ1) is 13.6. The Labute approximate surface area is 111 Å². The standard InChI is InChI=1S/C16H25NO/c1-16(2,3)11-15-13-17(9-10-18-15)12-14-7-5-4-6-8-14/h4-8,15H,9-13H2,1-3H3. The molecule has 0 spiro atoms. The summed E-state index contributed by atoms with van der Waals surface area (Å²) in [5.41, 5.74) is 1.74. The van der Waals surface area contributed by atoms with Gasteiger partial charge in [0.2, 0.25) is 0 Å². The summed E-state index contributed by atoms with van der Waals surface area (Å²) in [5, 5.41) is 0. The van der Waals surface area contributed by atoms with Crippen LogP contribution in [0.4, 0.5) is 0 Å². The normalized spacial score (nSPS) is 22.1. The third kappa shape index (κ3) is 4.43. The molecule has 0 amide bonds. The minimum absolute atomic E-state index is 0.348. The Kier molecular flexibility index (Phi) is 4.41. The van der Waals surface area contributed by atoms with Gasteiger partial charge in [0.25, 0.3) is 0 Å². The van der Waals surface area contributed by atoms with Gasteiger partial charge in [-0.1, -0.05) is 51.1 Å². The van der Waals surface area contributed by atoms with E-state index in [0.29, 0.717) is 11.5 Å². The average molecular weight is 247 g/mol. The fraction of sp³-hybridized carbons (Fsp3) is 0.625. The number of hydrogen-bond donors (Lipinski definition) is 0. The highest BCUT2D eigenvalue weighted by atomic mass is 16.5. The molecule has 2 rings (SSSR count). The molecule has 18 heavy (non-hydrogen) atoms. The van der Waals surface area contributed by atoms with Crippen molar-refractivity contribution in [2.24, 2.45) is 5.41 Å². The van der Waals surface area contributed by atoms with Crippen molar-refractivity contribution in [2.45, 2.75) is 39.8 Å². The maximum absolute atomic E-state index is 5.88. The molecule has 1 saturated heterocycles. The second-order valence-corrected chi connectivity index (χ2v) is 6.48. The summed E-state index contributed by atoms with van der Waals surface area (Å²) in [6, 6.07) is 10.7. The van der Waals surface area contributed by atoms with Crippen LogP contribution in [0, 0.1) is 5.41 Å². The van der Waals surface area contributed by atoms with E-state index in [4.69, 9.17) is 4.74 Å². The molecule has 1 aromatic rings. The highest BCUT2D eigenvalue weighted by Crippen LogP contribution is 2.24. The predicted molar refractivity (Wildman–Crippen MR) is 75.5 cm³/mol. The van der Waals surface area contributed by atoms with Crippen LogP contribution in [0.15, 0.2) is 30.3 Å². The average Bonchev–Trinajstić information content (AvgIpc) is 2.28. The summed E-state index contributed by atoms with van der Waals surface area (Å²) in [6.45, 7) is 10.9. The van der Waals surface area contributed by atoms with E-state index in [-0.39, 0.29) is 0 Å². The van der Waals surface area contributed by atoms with Crippen LogP contribution >= 0.6 is 0 Å². The molecule has 2 heteroatoms. The van der Waals surface area contributed by atoms with E-state index in [1.165, 1.54) is 5.56 Å². The summed E-state index contributed by atoms with van der Waals surface area (Å²) in [5.74, 6) is 0. The molecule has 0 N–H and O–H groups in total. The summed E-state index contributed by atoms with van der Waals surface area (Å²) in [6.07, 6.45) is 1.53. The van der Waals surface area contributed by atoms with E-state index in [1.807, 2.05) is 0 Å². The zero-order chi connectivity index (χ0) is 13.0. The lowest BCUT2D eigenvalue weighted by Gasteiger charge is -2.35. The van der Waals surface area contributed by atoms with Gasteiger partial charge in [0.15, 0.2) is 0 Å². The smallest absolute Gasteiger partial charge is 0.0707 e. The summed E-state index contributed by atoms with van der Waals surface area (Å²) in [4.78, 5) is 2.51. The van der Waals surface area contributed by atoms with Gasteiger partial charge in [-0.3, -0.25) is 4.90 Å². The minimum atomic E-state index is 0.348. The van der Waals surface area contributed by atoms with Crippen molar-refractivity contribution < 1.29 is 4.74 Å². The maximum Gasteiger partial charge on any atom is 0.0707 e. The van der Waals surface area contributed by atoms with Crippen LogP contribution in [0.1, 0.15) is 32.8 Å². The second kappa shape index (κ2) is 5.85. The van der Waals surface area contributed by atoms with Crippen LogP contribution in [0.25, 0.3) is 0 Å². The summed E-state index contributed by atoms with van der Waals surface area (Å²) in [7, 11) is 0. The largest absolute Gasteiger partial charge is 0.376 e. The van der Waals surface area contributed by atoms with Crippen molar-refractivity contribution in [1.29, 1.82) is 0 Å². The van der Waals surface area contributed by atoms with Crippen molar-refractivity contribution in [3.05, 3.63) is 35.9 Å². The van der Waals surface area contributed by atoms with Crippen LogP contribution < -0.4 is 0 Å². The molecule has 1 aliphatic heterocycles. The van der Waals surface area contributed by atoms with E-state index in [2.05, 4.69) is 56.0 Å². The molecule has 0 aromatic heterocycles. The number of nitrogens with zero attached hydrogens (tertiary/aromatic N) is 1. The Morgan fingerprint density at radius 2 is 1.94 bits per heavy atom. The molecule has 1 aromatic carbocycles. The number of hydrogen-bond acceptors (Lipinski definition) is 2. The number of benzene rings is 1. The Morgan fingerprint density at radius 1 is 1.22 bits per heavy atom. The number of ether oxygens (including phenoxy) is 1. The van der Waals surface area contributed by atoms with Crippen LogP contribution in [0.5, 0.6) is 0 Å². The molecule has 1 atom stereocenters. The van der Waals surface area contributed by atoms with Gasteiger partial charge in [0, 0.05) is 19.6 Å². The van der Waals surface area contributed by atoms with Gasteiger partial charge in [-0.15, -0.1) is 0 Å². The molecule has 100 valence electrons. The maximum atomic E-state index is 5.88. The van der Waals surface area contributed by atoms with E-state index in [9.17, 15) is 0 Å². The molecule has 1 fully saturated rings. The Bertz CT molecular complexity index is 355. The lowest BCUT2D eigenvalue weighted by atomic mass is 9.88. The number of rotatable bonds is 3. The van der Waals surface area contributed by atoms with Gasteiger partial charge in [-0.2, -0.15) is 0 Å². The molecule has 1 heterocycles. The molecule has 1 unspecified atom stereocenters. The molecular weight excluding hydrogens is 222 g/mol. The predicted octanol–water partition coefficient (Wildman–Crippen LogP) is 3.32. The second-order valence-electron chi connectivity index (χ2n) is 6.48. The van der Waals surface area contributed by atoms with E-state index >= 15 is 0 Å².